The highest BCUT2D eigenvalue weighted by Crippen LogP contribution is 2.36. The summed E-state index contributed by atoms with van der Waals surface area (Å²) in [6.07, 6.45) is 11.3. The molecule has 0 aromatic carbocycles. The number of rotatable bonds is 9. The van der Waals surface area contributed by atoms with Gasteiger partial charge in [0.1, 0.15) is 0 Å². The lowest BCUT2D eigenvalue weighted by Gasteiger charge is -2.41. The number of likely N-dealkylation sites (N-methyl/N-ethyl adjacent to an activating group) is 1. The smallest absolute Gasteiger partial charge is 0.0109 e. The molecule has 1 saturated carbocycles. The van der Waals surface area contributed by atoms with Crippen LogP contribution in [0.5, 0.6) is 0 Å². The molecule has 21 heavy (non-hydrogen) atoms. The van der Waals surface area contributed by atoms with Gasteiger partial charge in [-0.25, -0.2) is 0 Å². The fourth-order valence-corrected chi connectivity index (χ4v) is 4.19. The maximum absolute atomic E-state index is 3.71. The van der Waals surface area contributed by atoms with Crippen LogP contribution in [0.15, 0.2) is 0 Å². The van der Waals surface area contributed by atoms with Gasteiger partial charge in [-0.15, -0.1) is 0 Å². The van der Waals surface area contributed by atoms with E-state index in [0.717, 1.165) is 0 Å². The van der Waals surface area contributed by atoms with Crippen LogP contribution in [0.2, 0.25) is 0 Å². The van der Waals surface area contributed by atoms with Crippen LogP contribution < -0.4 is 5.32 Å². The van der Waals surface area contributed by atoms with Gasteiger partial charge in [0.2, 0.25) is 0 Å². The molecule has 1 heterocycles. The van der Waals surface area contributed by atoms with Crippen molar-refractivity contribution in [2.45, 2.75) is 58.3 Å². The molecule has 1 N–H and O–H groups in total. The SMILES string of the molecule is CCCNCC1(CN(C)CCN2CCCC2)CCCCC1. The summed E-state index contributed by atoms with van der Waals surface area (Å²) in [5.41, 5.74) is 0.549. The first kappa shape index (κ1) is 17.2. The van der Waals surface area contributed by atoms with Crippen molar-refractivity contribution < 1.29 is 0 Å². The molecule has 0 amide bonds. The van der Waals surface area contributed by atoms with Crippen molar-refractivity contribution in [1.82, 2.24) is 15.1 Å². The van der Waals surface area contributed by atoms with Crippen molar-refractivity contribution in [2.75, 3.05) is 52.9 Å². The molecule has 1 aliphatic carbocycles. The molecule has 0 bridgehead atoms. The van der Waals surface area contributed by atoms with Crippen molar-refractivity contribution in [3.63, 3.8) is 0 Å². The predicted molar refractivity (Wildman–Crippen MR) is 91.8 cm³/mol. The van der Waals surface area contributed by atoms with E-state index in [0.29, 0.717) is 5.41 Å². The summed E-state index contributed by atoms with van der Waals surface area (Å²) in [6.45, 7) is 11.1. The lowest BCUT2D eigenvalue weighted by atomic mass is 9.73. The van der Waals surface area contributed by atoms with E-state index < -0.39 is 0 Å². The lowest BCUT2D eigenvalue weighted by Crippen LogP contribution is -2.46. The van der Waals surface area contributed by atoms with E-state index in [9.17, 15) is 0 Å². The fraction of sp³-hybridized carbons (Fsp3) is 1.00. The van der Waals surface area contributed by atoms with Gasteiger partial charge < -0.3 is 15.1 Å². The Kier molecular flexibility index (Phi) is 7.48. The molecule has 0 unspecified atom stereocenters. The number of likely N-dealkylation sites (tertiary alicyclic amines) is 1. The minimum absolute atomic E-state index is 0.549. The average molecular weight is 296 g/mol. The third kappa shape index (κ3) is 5.88. The topological polar surface area (TPSA) is 18.5 Å². The Morgan fingerprint density at radius 3 is 2.43 bits per heavy atom. The van der Waals surface area contributed by atoms with E-state index in [4.69, 9.17) is 0 Å². The summed E-state index contributed by atoms with van der Waals surface area (Å²) >= 11 is 0. The molecule has 1 saturated heterocycles. The molecule has 0 spiro atoms. The van der Waals surface area contributed by atoms with Crippen LogP contribution in [0.1, 0.15) is 58.3 Å². The highest BCUT2D eigenvalue weighted by molar-refractivity contribution is 4.87. The monoisotopic (exact) mass is 295 g/mol. The second-order valence-corrected chi connectivity index (χ2v) is 7.52. The zero-order valence-electron chi connectivity index (χ0n) is 14.5. The van der Waals surface area contributed by atoms with E-state index in [2.05, 4.69) is 29.1 Å². The van der Waals surface area contributed by atoms with Crippen molar-refractivity contribution in [3.05, 3.63) is 0 Å². The third-order valence-corrected chi connectivity index (χ3v) is 5.44. The zero-order chi connectivity index (χ0) is 15.0. The van der Waals surface area contributed by atoms with Crippen LogP contribution in [-0.4, -0.2) is 62.7 Å². The molecule has 2 aliphatic rings. The fourth-order valence-electron chi connectivity index (χ4n) is 4.19. The summed E-state index contributed by atoms with van der Waals surface area (Å²) < 4.78 is 0. The summed E-state index contributed by atoms with van der Waals surface area (Å²) in [5, 5.41) is 3.71. The molecular formula is C18H37N3. The molecule has 0 aromatic rings. The Balaban J connectivity index is 1.75. The van der Waals surface area contributed by atoms with Gasteiger partial charge >= 0.3 is 0 Å². The van der Waals surface area contributed by atoms with Crippen LogP contribution in [0.3, 0.4) is 0 Å². The maximum atomic E-state index is 3.71. The first-order valence-electron chi connectivity index (χ1n) is 9.36. The molecule has 124 valence electrons. The Labute approximate surface area is 132 Å². The Bertz CT molecular complexity index is 268. The summed E-state index contributed by atoms with van der Waals surface area (Å²) in [4.78, 5) is 5.25. The molecule has 2 fully saturated rings. The Morgan fingerprint density at radius 2 is 1.76 bits per heavy atom. The van der Waals surface area contributed by atoms with Crippen LogP contribution in [-0.2, 0) is 0 Å². The number of nitrogens with one attached hydrogen (secondary N) is 1. The van der Waals surface area contributed by atoms with E-state index in [1.807, 2.05) is 0 Å². The standard InChI is InChI=1S/C18H37N3/c1-3-11-19-16-18(9-5-4-6-10-18)17-20(2)14-15-21-12-7-8-13-21/h19H,3-17H2,1-2H3. The number of nitrogens with zero attached hydrogens (tertiary/aromatic N) is 2. The van der Waals surface area contributed by atoms with Crippen molar-refractivity contribution in [1.29, 1.82) is 0 Å². The molecule has 0 atom stereocenters. The third-order valence-electron chi connectivity index (χ3n) is 5.44. The van der Waals surface area contributed by atoms with E-state index >= 15 is 0 Å². The molecule has 3 heteroatoms. The number of hydrogen-bond donors (Lipinski definition) is 1. The van der Waals surface area contributed by atoms with Gasteiger partial charge in [0.05, 0.1) is 0 Å². The van der Waals surface area contributed by atoms with E-state index in [1.54, 1.807) is 0 Å². The number of hydrogen-bond acceptors (Lipinski definition) is 3. The van der Waals surface area contributed by atoms with E-state index in [1.165, 1.54) is 97.2 Å². The van der Waals surface area contributed by atoms with Crippen LogP contribution in [0, 0.1) is 5.41 Å². The van der Waals surface area contributed by atoms with Gasteiger partial charge in [-0.2, -0.15) is 0 Å². The first-order valence-corrected chi connectivity index (χ1v) is 9.36. The minimum atomic E-state index is 0.549. The molecule has 0 aromatic heterocycles. The molecule has 2 rings (SSSR count). The van der Waals surface area contributed by atoms with Gasteiger partial charge in [0.25, 0.3) is 0 Å². The molecule has 1 aliphatic heterocycles. The largest absolute Gasteiger partial charge is 0.316 e. The second-order valence-electron chi connectivity index (χ2n) is 7.52. The van der Waals surface area contributed by atoms with Gasteiger partial charge in [0, 0.05) is 26.2 Å². The second kappa shape index (κ2) is 9.12. The lowest BCUT2D eigenvalue weighted by molar-refractivity contribution is 0.111. The highest BCUT2D eigenvalue weighted by Gasteiger charge is 2.32. The van der Waals surface area contributed by atoms with Crippen molar-refractivity contribution >= 4 is 0 Å². The summed E-state index contributed by atoms with van der Waals surface area (Å²) in [5.74, 6) is 0. The predicted octanol–water partition coefficient (Wildman–Crippen LogP) is 2.96. The van der Waals surface area contributed by atoms with Gasteiger partial charge in [-0.05, 0) is 64.2 Å². The Morgan fingerprint density at radius 1 is 1.05 bits per heavy atom. The normalized spacial score (nSPS) is 23.0. The maximum Gasteiger partial charge on any atom is 0.0109 e. The quantitative estimate of drug-likeness (QED) is 0.660. The van der Waals surface area contributed by atoms with Crippen molar-refractivity contribution in [2.24, 2.45) is 5.41 Å². The van der Waals surface area contributed by atoms with E-state index in [-0.39, 0.29) is 0 Å². The highest BCUT2D eigenvalue weighted by atomic mass is 15.2. The van der Waals surface area contributed by atoms with Crippen LogP contribution >= 0.6 is 0 Å². The van der Waals surface area contributed by atoms with Crippen LogP contribution in [0.25, 0.3) is 0 Å². The van der Waals surface area contributed by atoms with Gasteiger partial charge in [0.15, 0.2) is 0 Å². The van der Waals surface area contributed by atoms with Gasteiger partial charge in [-0.1, -0.05) is 26.2 Å². The van der Waals surface area contributed by atoms with Gasteiger partial charge in [-0.3, -0.25) is 0 Å². The zero-order valence-corrected chi connectivity index (χ0v) is 14.5. The molecule has 3 nitrogen and oxygen atoms in total. The summed E-state index contributed by atoms with van der Waals surface area (Å²) in [7, 11) is 2.34. The Hall–Kier alpha value is -0.120. The average Bonchev–Trinajstić information content (AvgIpc) is 3.00. The van der Waals surface area contributed by atoms with Crippen LogP contribution in [0.4, 0.5) is 0 Å². The summed E-state index contributed by atoms with van der Waals surface area (Å²) in [6, 6.07) is 0. The molecule has 0 radical (unpaired) electrons. The van der Waals surface area contributed by atoms with Crippen molar-refractivity contribution in [3.8, 4) is 0 Å². The minimum Gasteiger partial charge on any atom is -0.316 e. The molecular weight excluding hydrogens is 258 g/mol. The first-order chi connectivity index (χ1) is 10.2.